The fourth-order valence-electron chi connectivity index (χ4n) is 1.70. The minimum Gasteiger partial charge on any atom is -0.464 e. The van der Waals surface area contributed by atoms with E-state index in [9.17, 15) is 9.59 Å². The van der Waals surface area contributed by atoms with Gasteiger partial charge in [-0.3, -0.25) is 4.79 Å². The first-order valence-corrected chi connectivity index (χ1v) is 6.32. The second-order valence-electron chi connectivity index (χ2n) is 3.71. The van der Waals surface area contributed by atoms with Crippen molar-refractivity contribution in [1.82, 2.24) is 4.98 Å². The van der Waals surface area contributed by atoms with Crippen LogP contribution in [0.5, 0.6) is 0 Å². The first-order chi connectivity index (χ1) is 9.02. The second-order valence-corrected chi connectivity index (χ2v) is 4.12. The molecule has 0 unspecified atom stereocenters. The third kappa shape index (κ3) is 3.15. The van der Waals surface area contributed by atoms with Gasteiger partial charge in [-0.1, -0.05) is 25.4 Å². The van der Waals surface area contributed by atoms with Crippen molar-refractivity contribution in [2.75, 3.05) is 7.11 Å². The van der Waals surface area contributed by atoms with Crippen molar-refractivity contribution < 1.29 is 9.53 Å². The van der Waals surface area contributed by atoms with Crippen LogP contribution in [0.3, 0.4) is 0 Å². The maximum Gasteiger partial charge on any atom is 0.354 e. The van der Waals surface area contributed by atoms with Crippen molar-refractivity contribution in [3.8, 4) is 0 Å². The lowest BCUT2D eigenvalue weighted by Gasteiger charge is -2.05. The minimum atomic E-state index is -0.582. The molecule has 0 aliphatic rings. The number of fused-ring (bicyclic) bond motifs is 1. The molecule has 2 rings (SSSR count). The molecule has 0 radical (unpaired) electrons. The van der Waals surface area contributed by atoms with E-state index in [4.69, 9.17) is 11.6 Å². The summed E-state index contributed by atoms with van der Waals surface area (Å²) in [6.07, 6.45) is 0. The molecule has 1 aromatic carbocycles. The summed E-state index contributed by atoms with van der Waals surface area (Å²) < 4.78 is 4.56. The monoisotopic (exact) mass is 281 g/mol. The number of ether oxygens (including phenoxy) is 1. The van der Waals surface area contributed by atoms with E-state index in [-0.39, 0.29) is 11.1 Å². The third-order valence-electron chi connectivity index (χ3n) is 2.43. The van der Waals surface area contributed by atoms with Crippen LogP contribution in [0, 0.1) is 6.92 Å². The highest BCUT2D eigenvalue weighted by molar-refractivity contribution is 6.35. The maximum atomic E-state index is 11.8. The minimum absolute atomic E-state index is 0.117. The van der Waals surface area contributed by atoms with Crippen LogP contribution in [0.1, 0.15) is 29.9 Å². The van der Waals surface area contributed by atoms with E-state index in [2.05, 4.69) is 9.72 Å². The van der Waals surface area contributed by atoms with Gasteiger partial charge in [-0.15, -0.1) is 0 Å². The molecule has 1 aromatic heterocycles. The van der Waals surface area contributed by atoms with Gasteiger partial charge in [0.2, 0.25) is 0 Å². The van der Waals surface area contributed by atoms with Crippen LogP contribution in [0.15, 0.2) is 23.0 Å². The molecule has 0 saturated carbocycles. The highest BCUT2D eigenvalue weighted by Gasteiger charge is 2.11. The SMILES string of the molecule is CC.COC(=O)c1cc(=O)c2c(Cl)cc(C)cc2[nH]1. The zero-order valence-electron chi connectivity index (χ0n) is 11.3. The van der Waals surface area contributed by atoms with Crippen molar-refractivity contribution in [3.05, 3.63) is 44.7 Å². The lowest BCUT2D eigenvalue weighted by Crippen LogP contribution is -2.11. The largest absolute Gasteiger partial charge is 0.464 e. The Morgan fingerprint density at radius 3 is 2.47 bits per heavy atom. The highest BCUT2D eigenvalue weighted by atomic mass is 35.5. The molecule has 2 aromatic rings. The van der Waals surface area contributed by atoms with Gasteiger partial charge in [-0.05, 0) is 24.6 Å². The molecule has 5 heteroatoms. The average molecular weight is 282 g/mol. The van der Waals surface area contributed by atoms with E-state index in [1.165, 1.54) is 13.2 Å². The normalized spacial score (nSPS) is 9.74. The van der Waals surface area contributed by atoms with Crippen molar-refractivity contribution in [2.45, 2.75) is 20.8 Å². The quantitative estimate of drug-likeness (QED) is 0.816. The molecule has 0 aliphatic carbocycles. The fourth-order valence-corrected chi connectivity index (χ4v) is 2.06. The number of rotatable bonds is 1. The van der Waals surface area contributed by atoms with Crippen molar-refractivity contribution in [1.29, 1.82) is 0 Å². The Morgan fingerprint density at radius 2 is 1.89 bits per heavy atom. The Kier molecular flexibility index (Phi) is 5.12. The molecule has 0 aliphatic heterocycles. The first-order valence-electron chi connectivity index (χ1n) is 5.94. The number of aromatic amines is 1. The number of methoxy groups -OCH3 is 1. The van der Waals surface area contributed by atoms with Crippen LogP contribution < -0.4 is 5.43 Å². The molecule has 1 heterocycles. The predicted octanol–water partition coefficient (Wildman–Crippen LogP) is 3.30. The van der Waals surface area contributed by atoms with Gasteiger partial charge < -0.3 is 9.72 Å². The number of benzene rings is 1. The zero-order chi connectivity index (χ0) is 14.6. The Labute approximate surface area is 116 Å². The number of pyridine rings is 1. The van der Waals surface area contributed by atoms with Gasteiger partial charge >= 0.3 is 5.97 Å². The standard InChI is InChI=1S/C12H10ClNO3.C2H6/c1-6-3-7(13)11-8(4-6)14-9(5-10(11)15)12(16)17-2;1-2/h3-5H,1-2H3,(H,14,15);1-2H3. The van der Waals surface area contributed by atoms with E-state index in [0.29, 0.717) is 15.9 Å². The molecule has 0 amide bonds. The third-order valence-corrected chi connectivity index (χ3v) is 2.73. The summed E-state index contributed by atoms with van der Waals surface area (Å²) in [6.45, 7) is 5.86. The van der Waals surface area contributed by atoms with Crippen LogP contribution in [0.2, 0.25) is 5.02 Å². The summed E-state index contributed by atoms with van der Waals surface area (Å²) in [6, 6.07) is 4.65. The first kappa shape index (κ1) is 15.2. The topological polar surface area (TPSA) is 59.2 Å². The van der Waals surface area contributed by atoms with Crippen LogP contribution in [0.25, 0.3) is 10.9 Å². The van der Waals surface area contributed by atoms with Crippen LogP contribution in [0.4, 0.5) is 0 Å². The molecular weight excluding hydrogens is 266 g/mol. The number of nitrogens with one attached hydrogen (secondary N) is 1. The number of hydrogen-bond donors (Lipinski definition) is 1. The fraction of sp³-hybridized carbons (Fsp3) is 0.286. The van der Waals surface area contributed by atoms with E-state index >= 15 is 0 Å². The van der Waals surface area contributed by atoms with Gasteiger partial charge in [0.25, 0.3) is 0 Å². The lowest BCUT2D eigenvalue weighted by molar-refractivity contribution is 0.0594. The molecule has 0 spiro atoms. The Balaban J connectivity index is 0.000000861. The Morgan fingerprint density at radius 1 is 1.26 bits per heavy atom. The second kappa shape index (κ2) is 6.38. The molecular formula is C14H16ClNO3. The number of carbonyl (C=O) groups is 1. The number of aryl methyl sites for hydroxylation is 1. The summed E-state index contributed by atoms with van der Waals surface area (Å²) in [5, 5.41) is 0.752. The number of halogens is 1. The number of hydrogen-bond acceptors (Lipinski definition) is 3. The van der Waals surface area contributed by atoms with Crippen LogP contribution in [-0.4, -0.2) is 18.1 Å². The average Bonchev–Trinajstić information content (AvgIpc) is 2.38. The molecule has 102 valence electrons. The predicted molar refractivity (Wildman–Crippen MR) is 77.0 cm³/mol. The zero-order valence-corrected chi connectivity index (χ0v) is 12.1. The molecule has 19 heavy (non-hydrogen) atoms. The Bertz CT molecular complexity index is 662. The summed E-state index contributed by atoms with van der Waals surface area (Å²) >= 11 is 6.00. The molecule has 0 saturated heterocycles. The van der Waals surface area contributed by atoms with E-state index in [1.54, 1.807) is 12.1 Å². The molecule has 1 N–H and O–H groups in total. The van der Waals surface area contributed by atoms with E-state index in [0.717, 1.165) is 5.56 Å². The van der Waals surface area contributed by atoms with Gasteiger partial charge in [0, 0.05) is 6.07 Å². The van der Waals surface area contributed by atoms with Gasteiger partial charge in [0.05, 0.1) is 23.0 Å². The molecule has 4 nitrogen and oxygen atoms in total. The molecule has 0 fully saturated rings. The summed E-state index contributed by atoms with van der Waals surface area (Å²) in [5.41, 5.74) is 1.25. The van der Waals surface area contributed by atoms with Crippen molar-refractivity contribution in [3.63, 3.8) is 0 Å². The number of esters is 1. The number of H-pyrrole nitrogens is 1. The molecule has 0 bridgehead atoms. The van der Waals surface area contributed by atoms with Crippen molar-refractivity contribution >= 4 is 28.5 Å². The summed E-state index contributed by atoms with van der Waals surface area (Å²) in [5.74, 6) is -0.582. The number of aromatic nitrogens is 1. The van der Waals surface area contributed by atoms with E-state index in [1.807, 2.05) is 20.8 Å². The van der Waals surface area contributed by atoms with E-state index < -0.39 is 5.97 Å². The lowest BCUT2D eigenvalue weighted by atomic mass is 10.1. The van der Waals surface area contributed by atoms with Crippen LogP contribution in [-0.2, 0) is 4.74 Å². The van der Waals surface area contributed by atoms with Gasteiger partial charge in [0.1, 0.15) is 5.69 Å². The van der Waals surface area contributed by atoms with Gasteiger partial charge in [-0.25, -0.2) is 4.79 Å². The van der Waals surface area contributed by atoms with Gasteiger partial charge in [0.15, 0.2) is 5.43 Å². The summed E-state index contributed by atoms with van der Waals surface area (Å²) in [7, 11) is 1.26. The van der Waals surface area contributed by atoms with Crippen LogP contribution >= 0.6 is 11.6 Å². The highest BCUT2D eigenvalue weighted by Crippen LogP contribution is 2.21. The van der Waals surface area contributed by atoms with Crippen molar-refractivity contribution in [2.24, 2.45) is 0 Å². The number of carbonyl (C=O) groups excluding carboxylic acids is 1. The molecule has 0 atom stereocenters. The summed E-state index contributed by atoms with van der Waals surface area (Å²) in [4.78, 5) is 26.0. The van der Waals surface area contributed by atoms with Gasteiger partial charge in [-0.2, -0.15) is 0 Å². The smallest absolute Gasteiger partial charge is 0.354 e. The Hall–Kier alpha value is -1.81. The maximum absolute atomic E-state index is 11.8.